The van der Waals surface area contributed by atoms with Crippen molar-refractivity contribution in [3.63, 3.8) is 0 Å². The second-order valence-corrected chi connectivity index (χ2v) is 6.03. The van der Waals surface area contributed by atoms with Crippen molar-refractivity contribution in [2.75, 3.05) is 6.61 Å². The summed E-state index contributed by atoms with van der Waals surface area (Å²) in [5.74, 6) is -0.261. The maximum Gasteiger partial charge on any atom is 0.340 e. The molecule has 0 N–H and O–H groups in total. The van der Waals surface area contributed by atoms with Gasteiger partial charge in [0.2, 0.25) is 0 Å². The van der Waals surface area contributed by atoms with Crippen LogP contribution >= 0.6 is 0 Å². The Morgan fingerprint density at radius 1 is 1.13 bits per heavy atom. The van der Waals surface area contributed by atoms with Gasteiger partial charge in [0.15, 0.2) is 0 Å². The molecule has 1 aromatic carbocycles. The van der Waals surface area contributed by atoms with Crippen LogP contribution in [0.15, 0.2) is 30.3 Å². The van der Waals surface area contributed by atoms with Gasteiger partial charge < -0.3 is 4.74 Å². The number of aromatic nitrogens is 1. The fourth-order valence-corrected chi connectivity index (χ4v) is 3.37. The van der Waals surface area contributed by atoms with Crippen molar-refractivity contribution in [1.82, 2.24) is 4.98 Å². The Morgan fingerprint density at radius 2 is 1.87 bits per heavy atom. The fourth-order valence-electron chi connectivity index (χ4n) is 3.37. The van der Waals surface area contributed by atoms with Crippen LogP contribution in [0.2, 0.25) is 0 Å². The zero-order chi connectivity index (χ0) is 16.2. The first kappa shape index (κ1) is 15.7. The van der Waals surface area contributed by atoms with E-state index in [1.165, 1.54) is 24.8 Å². The second kappa shape index (κ2) is 6.95. The number of pyridine rings is 1. The molecule has 0 spiro atoms. The number of carbonyl (C=O) groups is 1. The van der Waals surface area contributed by atoms with Crippen LogP contribution < -0.4 is 0 Å². The number of aryl methyl sites for hydroxylation is 1. The largest absolute Gasteiger partial charge is 0.462 e. The summed E-state index contributed by atoms with van der Waals surface area (Å²) in [6.07, 6.45) is 5.58. The maximum atomic E-state index is 12.6. The lowest BCUT2D eigenvalue weighted by Crippen LogP contribution is -2.14. The molecular formula is C20H23NO2. The van der Waals surface area contributed by atoms with Crippen LogP contribution in [0, 0.1) is 6.92 Å². The molecule has 0 aliphatic heterocycles. The number of rotatable bonds is 3. The summed E-state index contributed by atoms with van der Waals surface area (Å²) in [6.45, 7) is 4.26. The van der Waals surface area contributed by atoms with Crippen molar-refractivity contribution in [3.05, 3.63) is 52.7 Å². The van der Waals surface area contributed by atoms with E-state index < -0.39 is 0 Å². The lowest BCUT2D eigenvalue weighted by molar-refractivity contribution is 0.0526. The molecule has 1 aliphatic rings. The molecule has 3 rings (SSSR count). The van der Waals surface area contributed by atoms with Gasteiger partial charge >= 0.3 is 5.97 Å². The third kappa shape index (κ3) is 3.14. The zero-order valence-electron chi connectivity index (χ0n) is 13.9. The molecule has 2 aromatic rings. The number of esters is 1. The Balaban J connectivity index is 2.22. The first-order chi connectivity index (χ1) is 11.2. The molecule has 0 radical (unpaired) electrons. The lowest BCUT2D eigenvalue weighted by Gasteiger charge is -2.17. The molecule has 0 unspecified atom stereocenters. The Bertz CT molecular complexity index is 707. The number of fused-ring (bicyclic) bond motifs is 1. The van der Waals surface area contributed by atoms with E-state index in [9.17, 15) is 4.79 Å². The van der Waals surface area contributed by atoms with E-state index in [-0.39, 0.29) is 5.97 Å². The summed E-state index contributed by atoms with van der Waals surface area (Å²) < 4.78 is 5.31. The summed E-state index contributed by atoms with van der Waals surface area (Å²) in [7, 11) is 0. The Hall–Kier alpha value is -2.16. The predicted octanol–water partition coefficient (Wildman–Crippen LogP) is 4.50. The Kier molecular flexibility index (Phi) is 4.75. The first-order valence-corrected chi connectivity index (χ1v) is 8.47. The van der Waals surface area contributed by atoms with Crippen LogP contribution in [-0.4, -0.2) is 17.6 Å². The fraction of sp³-hybridized carbons (Fsp3) is 0.400. The molecule has 0 amide bonds. The number of nitrogens with zero attached hydrogens (tertiary/aromatic N) is 1. The minimum Gasteiger partial charge on any atom is -0.462 e. The summed E-state index contributed by atoms with van der Waals surface area (Å²) >= 11 is 0. The van der Waals surface area contributed by atoms with Crippen LogP contribution in [0.25, 0.3) is 11.3 Å². The highest BCUT2D eigenvalue weighted by Gasteiger charge is 2.24. The summed E-state index contributed by atoms with van der Waals surface area (Å²) in [5, 5.41) is 0. The number of benzene rings is 1. The van der Waals surface area contributed by atoms with Crippen molar-refractivity contribution in [3.8, 4) is 11.3 Å². The van der Waals surface area contributed by atoms with Gasteiger partial charge in [0.25, 0.3) is 0 Å². The molecule has 0 saturated carbocycles. The summed E-state index contributed by atoms with van der Waals surface area (Å²) in [4.78, 5) is 17.5. The van der Waals surface area contributed by atoms with Crippen LogP contribution in [-0.2, 0) is 17.6 Å². The zero-order valence-corrected chi connectivity index (χ0v) is 13.9. The van der Waals surface area contributed by atoms with Crippen molar-refractivity contribution < 1.29 is 9.53 Å². The summed E-state index contributed by atoms with van der Waals surface area (Å²) in [6, 6.07) is 9.95. The third-order valence-electron chi connectivity index (χ3n) is 4.53. The van der Waals surface area contributed by atoms with Gasteiger partial charge in [0.05, 0.1) is 17.9 Å². The van der Waals surface area contributed by atoms with E-state index in [4.69, 9.17) is 9.72 Å². The van der Waals surface area contributed by atoms with Gasteiger partial charge in [0.1, 0.15) is 0 Å². The maximum absolute atomic E-state index is 12.6. The highest BCUT2D eigenvalue weighted by molar-refractivity contribution is 5.98. The van der Waals surface area contributed by atoms with Crippen LogP contribution in [0.4, 0.5) is 0 Å². The van der Waals surface area contributed by atoms with Crippen LogP contribution in [0.1, 0.15) is 53.4 Å². The first-order valence-electron chi connectivity index (χ1n) is 8.47. The van der Waals surface area contributed by atoms with Crippen molar-refractivity contribution in [1.29, 1.82) is 0 Å². The predicted molar refractivity (Wildman–Crippen MR) is 91.6 cm³/mol. The number of ether oxygens (including phenoxy) is 1. The minimum atomic E-state index is -0.261. The van der Waals surface area contributed by atoms with Gasteiger partial charge in [-0.15, -0.1) is 0 Å². The van der Waals surface area contributed by atoms with Crippen LogP contribution in [0.5, 0.6) is 0 Å². The van der Waals surface area contributed by atoms with Gasteiger partial charge in [-0.25, -0.2) is 4.79 Å². The van der Waals surface area contributed by atoms with E-state index in [0.29, 0.717) is 12.2 Å². The van der Waals surface area contributed by atoms with E-state index in [1.54, 1.807) is 0 Å². The number of hydrogen-bond donors (Lipinski definition) is 0. The summed E-state index contributed by atoms with van der Waals surface area (Å²) in [5.41, 5.74) is 5.85. The SMILES string of the molecule is CCOC(=O)c1c(-c2ccccc2)nc2c(c1C)CCCCC2. The van der Waals surface area contributed by atoms with E-state index in [0.717, 1.165) is 35.4 Å². The van der Waals surface area contributed by atoms with E-state index in [2.05, 4.69) is 0 Å². The normalized spacial score (nSPS) is 14.0. The Morgan fingerprint density at radius 3 is 2.61 bits per heavy atom. The molecule has 0 atom stereocenters. The second-order valence-electron chi connectivity index (χ2n) is 6.03. The molecule has 23 heavy (non-hydrogen) atoms. The van der Waals surface area contributed by atoms with Crippen molar-refractivity contribution >= 4 is 5.97 Å². The van der Waals surface area contributed by atoms with Gasteiger partial charge in [-0.1, -0.05) is 36.8 Å². The number of carbonyl (C=O) groups excluding carboxylic acids is 1. The molecule has 1 aromatic heterocycles. The highest BCUT2D eigenvalue weighted by Crippen LogP contribution is 2.31. The molecule has 0 bridgehead atoms. The topological polar surface area (TPSA) is 39.2 Å². The number of hydrogen-bond acceptors (Lipinski definition) is 3. The molecular weight excluding hydrogens is 286 g/mol. The third-order valence-corrected chi connectivity index (χ3v) is 4.53. The lowest BCUT2D eigenvalue weighted by atomic mass is 9.94. The quantitative estimate of drug-likeness (QED) is 0.619. The van der Waals surface area contributed by atoms with Crippen LogP contribution in [0.3, 0.4) is 0 Å². The minimum absolute atomic E-state index is 0.261. The van der Waals surface area contributed by atoms with Crippen molar-refractivity contribution in [2.45, 2.75) is 46.0 Å². The molecule has 3 heteroatoms. The van der Waals surface area contributed by atoms with Crippen molar-refractivity contribution in [2.24, 2.45) is 0 Å². The molecule has 1 heterocycles. The monoisotopic (exact) mass is 309 g/mol. The average Bonchev–Trinajstić information content (AvgIpc) is 2.81. The highest BCUT2D eigenvalue weighted by atomic mass is 16.5. The van der Waals surface area contributed by atoms with E-state index >= 15 is 0 Å². The smallest absolute Gasteiger partial charge is 0.340 e. The Labute approximate surface area is 137 Å². The molecule has 3 nitrogen and oxygen atoms in total. The molecule has 0 saturated heterocycles. The molecule has 1 aliphatic carbocycles. The van der Waals surface area contributed by atoms with Gasteiger partial charge in [-0.05, 0) is 50.7 Å². The average molecular weight is 309 g/mol. The standard InChI is InChI=1S/C20H23NO2/c1-3-23-20(22)18-14(2)16-12-8-5-9-13-17(16)21-19(18)15-10-6-4-7-11-15/h4,6-7,10-11H,3,5,8-9,12-13H2,1-2H3. The van der Waals surface area contributed by atoms with Gasteiger partial charge in [-0.2, -0.15) is 0 Å². The van der Waals surface area contributed by atoms with E-state index in [1.807, 2.05) is 44.2 Å². The molecule has 120 valence electrons. The molecule has 0 fully saturated rings. The van der Waals surface area contributed by atoms with Gasteiger partial charge in [0, 0.05) is 11.3 Å². The van der Waals surface area contributed by atoms with Gasteiger partial charge in [-0.3, -0.25) is 4.98 Å².